The Labute approximate surface area is 162 Å². The van der Waals surface area contributed by atoms with Crippen molar-refractivity contribution < 1.29 is 17.9 Å². The van der Waals surface area contributed by atoms with Crippen molar-refractivity contribution in [2.45, 2.75) is 17.6 Å². The molecule has 6 nitrogen and oxygen atoms in total. The number of ether oxygens (including phenoxy) is 1. The first-order chi connectivity index (χ1) is 12.4. The molecule has 0 aromatic heterocycles. The van der Waals surface area contributed by atoms with E-state index in [9.17, 15) is 13.2 Å². The highest BCUT2D eigenvalue weighted by molar-refractivity contribution is 7.99. The van der Waals surface area contributed by atoms with Crippen molar-refractivity contribution >= 4 is 39.3 Å². The zero-order valence-electron chi connectivity index (χ0n) is 14.1. The van der Waals surface area contributed by atoms with E-state index < -0.39 is 15.9 Å². The first kappa shape index (κ1) is 20.6. The van der Waals surface area contributed by atoms with Crippen molar-refractivity contribution in [3.63, 3.8) is 0 Å². The Morgan fingerprint density at radius 1 is 1.15 bits per heavy atom. The number of halogens is 1. The van der Waals surface area contributed by atoms with E-state index in [-0.39, 0.29) is 10.6 Å². The first-order valence-electron chi connectivity index (χ1n) is 7.77. The molecule has 0 radical (unpaired) electrons. The second kappa shape index (κ2) is 9.82. The van der Waals surface area contributed by atoms with Gasteiger partial charge in [-0.25, -0.2) is 8.42 Å². The molecule has 0 atom stereocenters. The van der Waals surface area contributed by atoms with Gasteiger partial charge in [0.2, 0.25) is 5.91 Å². The van der Waals surface area contributed by atoms with E-state index in [1.54, 1.807) is 18.2 Å². The molecule has 0 aliphatic heterocycles. The lowest BCUT2D eigenvalue weighted by Crippen LogP contribution is -2.42. The predicted molar refractivity (Wildman–Crippen MR) is 104 cm³/mol. The van der Waals surface area contributed by atoms with Gasteiger partial charge in [-0.1, -0.05) is 29.8 Å². The molecule has 2 N–H and O–H groups in total. The standard InChI is InChI=1S/C17H19ClN2O4S2/c1-2-24-14-7-9-15(10-8-14)26(22,23)20-19-17(21)12-25-11-13-5-3-4-6-16(13)18/h3-10,20H,2,11-12H2,1H3,(H,19,21). The Balaban J connectivity index is 1.81. The van der Waals surface area contributed by atoms with Crippen LogP contribution in [0.25, 0.3) is 0 Å². The van der Waals surface area contributed by atoms with Crippen molar-refractivity contribution in [1.29, 1.82) is 0 Å². The van der Waals surface area contributed by atoms with Crippen LogP contribution < -0.4 is 15.0 Å². The number of nitrogens with one attached hydrogen (secondary N) is 2. The number of amides is 1. The highest BCUT2D eigenvalue weighted by atomic mass is 35.5. The summed E-state index contributed by atoms with van der Waals surface area (Å²) in [4.78, 5) is 13.9. The van der Waals surface area contributed by atoms with Gasteiger partial charge in [0.05, 0.1) is 17.3 Å². The van der Waals surface area contributed by atoms with E-state index in [0.717, 1.165) is 5.56 Å². The van der Waals surface area contributed by atoms with Gasteiger partial charge in [-0.05, 0) is 42.8 Å². The molecule has 140 valence electrons. The van der Waals surface area contributed by atoms with Crippen molar-refractivity contribution in [3.8, 4) is 5.75 Å². The van der Waals surface area contributed by atoms with Crippen LogP contribution >= 0.6 is 23.4 Å². The maximum absolute atomic E-state index is 12.2. The van der Waals surface area contributed by atoms with Gasteiger partial charge < -0.3 is 4.74 Å². The van der Waals surface area contributed by atoms with E-state index in [0.29, 0.717) is 23.1 Å². The fourth-order valence-corrected chi connectivity index (χ4v) is 3.94. The van der Waals surface area contributed by atoms with Crippen LogP contribution in [0.15, 0.2) is 53.4 Å². The molecule has 0 fully saturated rings. The molecule has 2 aromatic rings. The molecule has 2 aromatic carbocycles. The topological polar surface area (TPSA) is 84.5 Å². The number of hydrogen-bond acceptors (Lipinski definition) is 5. The van der Waals surface area contributed by atoms with E-state index in [1.165, 1.54) is 23.9 Å². The lowest BCUT2D eigenvalue weighted by Gasteiger charge is -2.09. The van der Waals surface area contributed by atoms with E-state index >= 15 is 0 Å². The van der Waals surface area contributed by atoms with Crippen LogP contribution in [0.5, 0.6) is 5.75 Å². The number of rotatable bonds is 9. The normalized spacial score (nSPS) is 11.2. The summed E-state index contributed by atoms with van der Waals surface area (Å²) >= 11 is 7.38. The Morgan fingerprint density at radius 3 is 2.50 bits per heavy atom. The van der Waals surface area contributed by atoms with Crippen molar-refractivity contribution in [3.05, 3.63) is 59.1 Å². The predicted octanol–water partition coefficient (Wildman–Crippen LogP) is 2.98. The van der Waals surface area contributed by atoms with E-state index in [4.69, 9.17) is 16.3 Å². The second-order valence-electron chi connectivity index (χ2n) is 5.14. The number of hydrazine groups is 1. The number of hydrogen-bond donors (Lipinski definition) is 2. The highest BCUT2D eigenvalue weighted by Gasteiger charge is 2.15. The third kappa shape index (κ3) is 6.21. The summed E-state index contributed by atoms with van der Waals surface area (Å²) in [6.45, 7) is 2.33. The molecule has 9 heteroatoms. The number of thioether (sulfide) groups is 1. The zero-order valence-corrected chi connectivity index (χ0v) is 16.5. The maximum Gasteiger partial charge on any atom is 0.257 e. The van der Waals surface area contributed by atoms with Crippen LogP contribution in [0.4, 0.5) is 0 Å². The average Bonchev–Trinajstić information content (AvgIpc) is 2.62. The third-order valence-electron chi connectivity index (χ3n) is 3.22. The van der Waals surface area contributed by atoms with Gasteiger partial charge in [-0.2, -0.15) is 0 Å². The molecule has 26 heavy (non-hydrogen) atoms. The molecule has 0 heterocycles. The summed E-state index contributed by atoms with van der Waals surface area (Å²) in [6, 6.07) is 13.3. The van der Waals surface area contributed by atoms with Gasteiger partial charge >= 0.3 is 0 Å². The monoisotopic (exact) mass is 414 g/mol. The minimum atomic E-state index is -3.84. The van der Waals surface area contributed by atoms with Crippen LogP contribution in [0, 0.1) is 0 Å². The van der Waals surface area contributed by atoms with Gasteiger partial charge in [0, 0.05) is 10.8 Å². The fraction of sp³-hybridized carbons (Fsp3) is 0.235. The van der Waals surface area contributed by atoms with Gasteiger partial charge in [0.1, 0.15) is 5.75 Å². The summed E-state index contributed by atoms with van der Waals surface area (Å²) in [7, 11) is -3.84. The molecule has 0 spiro atoms. The molecular weight excluding hydrogens is 396 g/mol. The second-order valence-corrected chi connectivity index (χ2v) is 8.22. The molecule has 0 saturated carbocycles. The molecular formula is C17H19ClN2O4S2. The maximum atomic E-state index is 12.2. The average molecular weight is 415 g/mol. The quantitative estimate of drug-likeness (QED) is 0.616. The van der Waals surface area contributed by atoms with Gasteiger partial charge in [-0.3, -0.25) is 10.2 Å². The number of sulfonamides is 1. The SMILES string of the molecule is CCOc1ccc(S(=O)(=O)NNC(=O)CSCc2ccccc2Cl)cc1. The van der Waals surface area contributed by atoms with Crippen LogP contribution in [-0.4, -0.2) is 26.7 Å². The summed E-state index contributed by atoms with van der Waals surface area (Å²) in [5, 5.41) is 0.636. The van der Waals surface area contributed by atoms with Crippen LogP contribution in [0.3, 0.4) is 0 Å². The summed E-state index contributed by atoms with van der Waals surface area (Å²) in [6.07, 6.45) is 0. The Kier molecular flexibility index (Phi) is 7.77. The third-order valence-corrected chi connectivity index (χ3v) is 5.83. The molecule has 0 saturated heterocycles. The highest BCUT2D eigenvalue weighted by Crippen LogP contribution is 2.20. The largest absolute Gasteiger partial charge is 0.494 e. The lowest BCUT2D eigenvalue weighted by molar-refractivity contribution is -0.119. The zero-order chi connectivity index (χ0) is 19.0. The molecule has 2 rings (SSSR count). The Bertz CT molecular complexity index is 842. The molecule has 0 bridgehead atoms. The number of carbonyl (C=O) groups excluding carboxylic acids is 1. The smallest absolute Gasteiger partial charge is 0.257 e. The molecule has 1 amide bonds. The van der Waals surface area contributed by atoms with Crippen LogP contribution in [0.1, 0.15) is 12.5 Å². The summed E-state index contributed by atoms with van der Waals surface area (Å²) in [5.74, 6) is 0.776. The Morgan fingerprint density at radius 2 is 1.85 bits per heavy atom. The molecule has 0 aliphatic rings. The summed E-state index contributed by atoms with van der Waals surface area (Å²) in [5.41, 5.74) is 3.12. The van der Waals surface area contributed by atoms with Crippen LogP contribution in [0.2, 0.25) is 5.02 Å². The van der Waals surface area contributed by atoms with Gasteiger partial charge in [-0.15, -0.1) is 16.6 Å². The molecule has 0 aliphatic carbocycles. The van der Waals surface area contributed by atoms with Gasteiger partial charge in [0.15, 0.2) is 0 Å². The number of benzene rings is 2. The minimum Gasteiger partial charge on any atom is -0.494 e. The fourth-order valence-electron chi connectivity index (χ4n) is 1.97. The molecule has 0 unspecified atom stereocenters. The summed E-state index contributed by atoms with van der Waals surface area (Å²) < 4.78 is 29.6. The van der Waals surface area contributed by atoms with Crippen molar-refractivity contribution in [1.82, 2.24) is 10.3 Å². The Hall–Kier alpha value is -1.74. The first-order valence-corrected chi connectivity index (χ1v) is 10.8. The van der Waals surface area contributed by atoms with E-state index in [1.807, 2.05) is 25.1 Å². The lowest BCUT2D eigenvalue weighted by atomic mass is 10.2. The van der Waals surface area contributed by atoms with Crippen molar-refractivity contribution in [2.75, 3.05) is 12.4 Å². The number of carbonyl (C=O) groups is 1. The van der Waals surface area contributed by atoms with Gasteiger partial charge in [0.25, 0.3) is 10.0 Å². The van der Waals surface area contributed by atoms with Crippen LogP contribution in [-0.2, 0) is 20.6 Å². The minimum absolute atomic E-state index is 0.0324. The van der Waals surface area contributed by atoms with Crippen molar-refractivity contribution in [2.24, 2.45) is 0 Å². The van der Waals surface area contributed by atoms with E-state index in [2.05, 4.69) is 10.3 Å².